The zero-order valence-electron chi connectivity index (χ0n) is 14.0. The molecule has 0 aliphatic carbocycles. The summed E-state index contributed by atoms with van der Waals surface area (Å²) in [5.74, 6) is -0.583. The number of aryl methyl sites for hydroxylation is 1. The maximum Gasteiger partial charge on any atom is 0.256 e. The second-order valence-corrected chi connectivity index (χ2v) is 6.45. The molecule has 1 aliphatic rings. The number of carbonyl (C=O) groups is 1. The van der Waals surface area contributed by atoms with Gasteiger partial charge in [0.15, 0.2) is 5.65 Å². The van der Waals surface area contributed by atoms with Gasteiger partial charge in [0.2, 0.25) is 0 Å². The lowest BCUT2D eigenvalue weighted by Gasteiger charge is -2.32. The molecule has 128 valence electrons. The van der Waals surface area contributed by atoms with Gasteiger partial charge in [0.25, 0.3) is 5.91 Å². The van der Waals surface area contributed by atoms with Gasteiger partial charge < -0.3 is 4.90 Å². The SMILES string of the molecule is Cn1nc(C2CCCN(C(=O)c3ccccc3F)C2)c2cccnc21. The zero-order chi connectivity index (χ0) is 17.4. The average molecular weight is 338 g/mol. The predicted octanol–water partition coefficient (Wildman–Crippen LogP) is 3.13. The monoisotopic (exact) mass is 338 g/mol. The predicted molar refractivity (Wildman–Crippen MR) is 92.8 cm³/mol. The molecule has 0 spiro atoms. The summed E-state index contributed by atoms with van der Waals surface area (Å²) in [6.07, 6.45) is 3.59. The number of rotatable bonds is 2. The van der Waals surface area contributed by atoms with Gasteiger partial charge in [0.05, 0.1) is 11.3 Å². The van der Waals surface area contributed by atoms with Crippen LogP contribution >= 0.6 is 0 Å². The number of nitrogens with zero attached hydrogens (tertiary/aromatic N) is 4. The fourth-order valence-corrected chi connectivity index (χ4v) is 3.61. The van der Waals surface area contributed by atoms with Crippen LogP contribution in [0, 0.1) is 5.82 Å². The van der Waals surface area contributed by atoms with Gasteiger partial charge in [-0.25, -0.2) is 9.37 Å². The Balaban J connectivity index is 1.63. The van der Waals surface area contributed by atoms with Crippen molar-refractivity contribution in [1.82, 2.24) is 19.7 Å². The average Bonchev–Trinajstić information content (AvgIpc) is 2.99. The van der Waals surface area contributed by atoms with Gasteiger partial charge in [0.1, 0.15) is 5.82 Å². The minimum atomic E-state index is -0.470. The van der Waals surface area contributed by atoms with Crippen molar-refractivity contribution in [2.75, 3.05) is 13.1 Å². The van der Waals surface area contributed by atoms with E-state index in [0.717, 1.165) is 29.6 Å². The summed E-state index contributed by atoms with van der Waals surface area (Å²) in [4.78, 5) is 18.8. The first kappa shape index (κ1) is 15.7. The van der Waals surface area contributed by atoms with Gasteiger partial charge >= 0.3 is 0 Å². The minimum absolute atomic E-state index is 0.135. The lowest BCUT2D eigenvalue weighted by Crippen LogP contribution is -2.39. The van der Waals surface area contributed by atoms with Crippen LogP contribution in [0.2, 0.25) is 0 Å². The summed E-state index contributed by atoms with van der Waals surface area (Å²) in [6.45, 7) is 1.20. The summed E-state index contributed by atoms with van der Waals surface area (Å²) >= 11 is 0. The first-order chi connectivity index (χ1) is 12.1. The van der Waals surface area contributed by atoms with Gasteiger partial charge in [-0.3, -0.25) is 9.48 Å². The van der Waals surface area contributed by atoms with Crippen LogP contribution in [0.4, 0.5) is 4.39 Å². The second-order valence-electron chi connectivity index (χ2n) is 6.45. The molecule has 6 heteroatoms. The molecule has 4 rings (SSSR count). The quantitative estimate of drug-likeness (QED) is 0.721. The van der Waals surface area contributed by atoms with E-state index in [1.807, 2.05) is 19.2 Å². The molecule has 1 saturated heterocycles. The van der Waals surface area contributed by atoms with Crippen molar-refractivity contribution in [3.8, 4) is 0 Å². The lowest BCUT2D eigenvalue weighted by molar-refractivity contribution is 0.0701. The highest BCUT2D eigenvalue weighted by atomic mass is 19.1. The number of pyridine rings is 1. The number of amides is 1. The van der Waals surface area contributed by atoms with Crippen LogP contribution in [0.25, 0.3) is 11.0 Å². The number of hydrogen-bond acceptors (Lipinski definition) is 3. The van der Waals surface area contributed by atoms with E-state index in [0.29, 0.717) is 13.1 Å². The van der Waals surface area contributed by atoms with Crippen molar-refractivity contribution >= 4 is 16.9 Å². The van der Waals surface area contributed by atoms with Crippen LogP contribution in [0.3, 0.4) is 0 Å². The molecule has 3 heterocycles. The summed E-state index contributed by atoms with van der Waals surface area (Å²) < 4.78 is 15.7. The Morgan fingerprint density at radius 1 is 1.24 bits per heavy atom. The molecular formula is C19H19FN4O. The summed E-state index contributed by atoms with van der Waals surface area (Å²) in [5.41, 5.74) is 1.95. The lowest BCUT2D eigenvalue weighted by atomic mass is 9.92. The van der Waals surface area contributed by atoms with E-state index in [9.17, 15) is 9.18 Å². The Hall–Kier alpha value is -2.76. The Morgan fingerprint density at radius 2 is 2.08 bits per heavy atom. The molecule has 0 saturated carbocycles. The maximum absolute atomic E-state index is 14.0. The number of piperidine rings is 1. The first-order valence-electron chi connectivity index (χ1n) is 8.46. The number of hydrogen-bond donors (Lipinski definition) is 0. The van der Waals surface area contributed by atoms with Crippen molar-refractivity contribution in [2.24, 2.45) is 7.05 Å². The van der Waals surface area contributed by atoms with Crippen LogP contribution in [0.1, 0.15) is 34.8 Å². The third kappa shape index (κ3) is 2.77. The topological polar surface area (TPSA) is 51.0 Å². The van der Waals surface area contributed by atoms with E-state index in [1.165, 1.54) is 6.07 Å². The van der Waals surface area contributed by atoms with Crippen molar-refractivity contribution in [3.05, 3.63) is 59.7 Å². The van der Waals surface area contributed by atoms with E-state index in [4.69, 9.17) is 0 Å². The molecule has 25 heavy (non-hydrogen) atoms. The number of benzene rings is 1. The maximum atomic E-state index is 14.0. The fourth-order valence-electron chi connectivity index (χ4n) is 3.61. The van der Waals surface area contributed by atoms with E-state index < -0.39 is 5.82 Å². The van der Waals surface area contributed by atoms with Crippen molar-refractivity contribution in [3.63, 3.8) is 0 Å². The normalized spacial score (nSPS) is 17.8. The molecule has 2 aromatic heterocycles. The van der Waals surface area contributed by atoms with Gasteiger partial charge in [-0.2, -0.15) is 5.10 Å². The van der Waals surface area contributed by atoms with E-state index in [1.54, 1.807) is 34.0 Å². The molecule has 1 atom stereocenters. The highest BCUT2D eigenvalue weighted by Crippen LogP contribution is 2.31. The standard InChI is InChI=1S/C19H19FN4O/c1-23-18-15(8-4-10-21-18)17(22-23)13-6-5-11-24(12-13)19(25)14-7-2-3-9-16(14)20/h2-4,7-10,13H,5-6,11-12H2,1H3. The molecule has 1 aliphatic heterocycles. The molecular weight excluding hydrogens is 319 g/mol. The van der Waals surface area contributed by atoms with Crippen molar-refractivity contribution in [1.29, 1.82) is 0 Å². The highest BCUT2D eigenvalue weighted by molar-refractivity contribution is 5.94. The Labute approximate surface area is 145 Å². The number of likely N-dealkylation sites (tertiary alicyclic amines) is 1. The smallest absolute Gasteiger partial charge is 0.256 e. The minimum Gasteiger partial charge on any atom is -0.338 e. The number of carbonyl (C=O) groups excluding carboxylic acids is 1. The van der Waals surface area contributed by atoms with Gasteiger partial charge in [-0.15, -0.1) is 0 Å². The number of aromatic nitrogens is 3. The second kappa shape index (κ2) is 6.27. The van der Waals surface area contributed by atoms with Crippen LogP contribution in [-0.2, 0) is 7.05 Å². The van der Waals surface area contributed by atoms with Crippen LogP contribution in [0.5, 0.6) is 0 Å². The number of fused-ring (bicyclic) bond motifs is 1. The van der Waals surface area contributed by atoms with E-state index in [-0.39, 0.29) is 17.4 Å². The molecule has 0 N–H and O–H groups in total. The highest BCUT2D eigenvalue weighted by Gasteiger charge is 2.29. The van der Waals surface area contributed by atoms with Gasteiger partial charge in [0, 0.05) is 37.6 Å². The Kier molecular flexibility index (Phi) is 3.95. The fraction of sp³-hybridized carbons (Fsp3) is 0.316. The molecule has 1 fully saturated rings. The van der Waals surface area contributed by atoms with Gasteiger partial charge in [-0.05, 0) is 37.1 Å². The van der Waals surface area contributed by atoms with Crippen LogP contribution in [0.15, 0.2) is 42.6 Å². The molecule has 3 aromatic rings. The van der Waals surface area contributed by atoms with Crippen LogP contribution < -0.4 is 0 Å². The summed E-state index contributed by atoms with van der Waals surface area (Å²) in [5, 5.41) is 5.66. The molecule has 1 unspecified atom stereocenters. The van der Waals surface area contributed by atoms with Gasteiger partial charge in [-0.1, -0.05) is 12.1 Å². The van der Waals surface area contributed by atoms with E-state index >= 15 is 0 Å². The zero-order valence-corrected chi connectivity index (χ0v) is 14.0. The van der Waals surface area contributed by atoms with E-state index in [2.05, 4.69) is 10.1 Å². The third-order valence-electron chi connectivity index (χ3n) is 4.83. The molecule has 1 amide bonds. The Bertz CT molecular complexity index is 936. The molecule has 0 radical (unpaired) electrons. The first-order valence-corrected chi connectivity index (χ1v) is 8.46. The Morgan fingerprint density at radius 3 is 2.92 bits per heavy atom. The number of halogens is 1. The summed E-state index contributed by atoms with van der Waals surface area (Å²) in [7, 11) is 1.88. The molecule has 0 bridgehead atoms. The van der Waals surface area contributed by atoms with Crippen LogP contribution in [-0.4, -0.2) is 38.7 Å². The molecule has 5 nitrogen and oxygen atoms in total. The third-order valence-corrected chi connectivity index (χ3v) is 4.83. The molecule has 1 aromatic carbocycles. The van der Waals surface area contributed by atoms with Crippen molar-refractivity contribution < 1.29 is 9.18 Å². The largest absolute Gasteiger partial charge is 0.338 e. The van der Waals surface area contributed by atoms with Crippen molar-refractivity contribution in [2.45, 2.75) is 18.8 Å². The summed E-state index contributed by atoms with van der Waals surface area (Å²) in [6, 6.07) is 10.1.